The highest BCUT2D eigenvalue weighted by Crippen LogP contribution is 2.36. The second kappa shape index (κ2) is 15.8. The van der Waals surface area contributed by atoms with Crippen molar-refractivity contribution in [1.82, 2.24) is 40.5 Å². The number of hydrogen-bond acceptors (Lipinski definition) is 7. The van der Waals surface area contributed by atoms with E-state index in [-0.39, 0.29) is 47.6 Å². The third kappa shape index (κ3) is 7.78. The lowest BCUT2D eigenvalue weighted by atomic mass is 9.89. The Labute approximate surface area is 321 Å². The van der Waals surface area contributed by atoms with Crippen molar-refractivity contribution in [3.63, 3.8) is 0 Å². The largest absolute Gasteiger partial charge is 0.354 e. The number of imidazole rings is 2. The van der Waals surface area contributed by atoms with E-state index >= 15 is 0 Å². The molecule has 3 aromatic heterocycles. The van der Waals surface area contributed by atoms with Gasteiger partial charge in [0.25, 0.3) is 0 Å². The van der Waals surface area contributed by atoms with Crippen molar-refractivity contribution in [2.75, 3.05) is 13.1 Å². The summed E-state index contributed by atoms with van der Waals surface area (Å²) >= 11 is 0. The van der Waals surface area contributed by atoms with Crippen LogP contribution in [0.2, 0.25) is 0 Å². The minimum Gasteiger partial charge on any atom is -0.354 e. The molecule has 0 bridgehead atoms. The number of nitrogens with one attached hydrogen (secondary N) is 4. The number of aromatic nitrogens is 5. The van der Waals surface area contributed by atoms with Crippen molar-refractivity contribution in [2.45, 2.75) is 97.7 Å². The van der Waals surface area contributed by atoms with E-state index in [2.05, 4.69) is 83.0 Å². The molecule has 0 aliphatic carbocycles. The number of nitrogens with two attached hydrogens (primary N) is 1. The molecule has 0 unspecified atom stereocenters. The molecule has 1 saturated heterocycles. The molecule has 4 heterocycles. The Balaban J connectivity index is 1.16. The predicted octanol–water partition coefficient (Wildman–Crippen LogP) is 7.01. The summed E-state index contributed by atoms with van der Waals surface area (Å²) in [4.78, 5) is 61.7. The number of aromatic amines is 2. The molecule has 1 aliphatic heterocycles. The molecule has 1 aliphatic rings. The lowest BCUT2D eigenvalue weighted by Gasteiger charge is -2.30. The van der Waals surface area contributed by atoms with Gasteiger partial charge in [-0.25, -0.2) is 15.0 Å². The number of likely N-dealkylation sites (tertiary alicyclic amines) is 1. The van der Waals surface area contributed by atoms with Crippen molar-refractivity contribution in [1.29, 1.82) is 0 Å². The van der Waals surface area contributed by atoms with Crippen LogP contribution >= 0.6 is 0 Å². The molecule has 7 rings (SSSR count). The molecule has 0 saturated carbocycles. The van der Waals surface area contributed by atoms with Gasteiger partial charge in [0.2, 0.25) is 17.7 Å². The Morgan fingerprint density at radius 3 is 2.35 bits per heavy atom. The number of H-pyrrole nitrogens is 2. The van der Waals surface area contributed by atoms with Crippen molar-refractivity contribution in [3.8, 4) is 11.3 Å². The van der Waals surface area contributed by atoms with Crippen molar-refractivity contribution >= 4 is 61.5 Å². The third-order valence-corrected chi connectivity index (χ3v) is 11.1. The maximum Gasteiger partial charge on any atom is 0.246 e. The summed E-state index contributed by atoms with van der Waals surface area (Å²) in [6.45, 7) is 12.4. The highest BCUT2D eigenvalue weighted by atomic mass is 16.2. The first-order valence-electron chi connectivity index (χ1n) is 19.7. The fourth-order valence-corrected chi connectivity index (χ4v) is 8.20. The van der Waals surface area contributed by atoms with Gasteiger partial charge >= 0.3 is 0 Å². The summed E-state index contributed by atoms with van der Waals surface area (Å²) in [7, 11) is 0. The van der Waals surface area contributed by atoms with Crippen LogP contribution in [0.15, 0.2) is 54.6 Å². The maximum atomic E-state index is 13.6. The number of carbonyl (C=O) groups is 3. The minimum absolute atomic E-state index is 0.0239. The normalized spacial score (nSPS) is 16.5. The first-order chi connectivity index (χ1) is 26.4. The maximum absolute atomic E-state index is 13.6. The van der Waals surface area contributed by atoms with Crippen molar-refractivity contribution < 1.29 is 14.4 Å². The second-order valence-corrected chi connectivity index (χ2v) is 15.9. The first kappa shape index (κ1) is 37.9. The van der Waals surface area contributed by atoms with Crippen LogP contribution in [0.1, 0.15) is 97.3 Å². The average Bonchev–Trinajstić information content (AvgIpc) is 3.92. The standard InChI is InChI=1S/C43H53N9O3/c1-23(2)36(45-25(5)53)22-29(9-7-19-44)41-48-35-18-17-33-31(40(35)50-41)14-16-32(47-33)28-11-13-30-27(21-28)12-15-34-39(30)51-42(49-34)37-10-8-20-52(37)43(55)38(24(3)4)46-26(6)54/h11-18,21,23-24,29,36-38,47H,7-10,19-20,22,44H2,1-6H3,(H,45,53)(H,46,54)(H,49,51)/t29-,36-,37+,38+/m1/s1. The Bertz CT molecular complexity index is 2380. The van der Waals surface area contributed by atoms with Crippen molar-refractivity contribution in [2.24, 2.45) is 17.6 Å². The molecule has 0 radical (unpaired) electrons. The van der Waals surface area contributed by atoms with Gasteiger partial charge in [0, 0.05) is 54.3 Å². The quantitative estimate of drug-likeness (QED) is 0.0846. The molecule has 6 aromatic rings. The van der Waals surface area contributed by atoms with E-state index in [1.165, 1.54) is 6.92 Å². The Kier molecular flexibility index (Phi) is 10.9. The van der Waals surface area contributed by atoms with Gasteiger partial charge in [0.05, 0.1) is 22.6 Å². The molecule has 4 atom stereocenters. The van der Waals surface area contributed by atoms with E-state index in [1.807, 2.05) is 24.8 Å². The third-order valence-electron chi connectivity index (χ3n) is 11.1. The summed E-state index contributed by atoms with van der Waals surface area (Å²) in [5.74, 6) is 1.60. The zero-order chi connectivity index (χ0) is 39.0. The second-order valence-electron chi connectivity index (χ2n) is 15.9. The molecule has 3 aromatic carbocycles. The van der Waals surface area contributed by atoms with E-state index < -0.39 is 6.04 Å². The summed E-state index contributed by atoms with van der Waals surface area (Å²) in [6.07, 6.45) is 4.16. The summed E-state index contributed by atoms with van der Waals surface area (Å²) in [6, 6.07) is 18.1. The van der Waals surface area contributed by atoms with Gasteiger partial charge in [-0.3, -0.25) is 14.4 Å². The number of carbonyl (C=O) groups excluding carboxylic acids is 3. The van der Waals surface area contributed by atoms with Gasteiger partial charge in [0.1, 0.15) is 23.2 Å². The Hall–Kier alpha value is -5.36. The molecule has 3 amide bonds. The molecule has 288 valence electrons. The van der Waals surface area contributed by atoms with Crippen LogP contribution in [0, 0.1) is 11.8 Å². The number of fused-ring (bicyclic) bond motifs is 6. The molecule has 6 N–H and O–H groups in total. The van der Waals surface area contributed by atoms with Crippen LogP contribution in [0.25, 0.3) is 55.0 Å². The molecule has 1 fully saturated rings. The fourth-order valence-electron chi connectivity index (χ4n) is 8.20. The van der Waals surface area contributed by atoms with E-state index in [0.717, 1.165) is 98.8 Å². The van der Waals surface area contributed by atoms with Crippen LogP contribution in [-0.4, -0.2) is 72.7 Å². The fraction of sp³-hybridized carbons (Fsp3) is 0.442. The van der Waals surface area contributed by atoms with Crippen LogP contribution in [0.4, 0.5) is 0 Å². The van der Waals surface area contributed by atoms with Gasteiger partial charge in [-0.1, -0.05) is 45.9 Å². The van der Waals surface area contributed by atoms with Crippen LogP contribution in [-0.2, 0) is 14.4 Å². The Morgan fingerprint density at radius 2 is 1.62 bits per heavy atom. The topological polar surface area (TPSA) is 175 Å². The number of benzene rings is 3. The van der Waals surface area contributed by atoms with E-state index in [0.29, 0.717) is 13.1 Å². The zero-order valence-electron chi connectivity index (χ0n) is 32.7. The molecule has 12 heteroatoms. The minimum atomic E-state index is -0.571. The average molecular weight is 744 g/mol. The van der Waals surface area contributed by atoms with Crippen LogP contribution < -0.4 is 16.4 Å². The van der Waals surface area contributed by atoms with E-state index in [1.54, 1.807) is 6.92 Å². The number of amides is 3. The number of pyridine rings is 1. The van der Waals surface area contributed by atoms with Gasteiger partial charge in [-0.05, 0) is 97.8 Å². The zero-order valence-corrected chi connectivity index (χ0v) is 32.7. The molecular formula is C43H53N9O3. The van der Waals surface area contributed by atoms with E-state index in [4.69, 9.17) is 20.7 Å². The van der Waals surface area contributed by atoms with Gasteiger partial charge in [-0.2, -0.15) is 0 Å². The highest BCUT2D eigenvalue weighted by molar-refractivity contribution is 6.06. The number of hydrogen-bond donors (Lipinski definition) is 5. The highest BCUT2D eigenvalue weighted by Gasteiger charge is 2.37. The van der Waals surface area contributed by atoms with Gasteiger partial charge in [-0.15, -0.1) is 0 Å². The lowest BCUT2D eigenvalue weighted by molar-refractivity contribution is -0.138. The van der Waals surface area contributed by atoms with E-state index in [9.17, 15) is 14.4 Å². The lowest BCUT2D eigenvalue weighted by Crippen LogP contribution is -2.50. The smallest absolute Gasteiger partial charge is 0.246 e. The molecule has 55 heavy (non-hydrogen) atoms. The summed E-state index contributed by atoms with van der Waals surface area (Å²) < 4.78 is 0. The number of rotatable bonds is 13. The predicted molar refractivity (Wildman–Crippen MR) is 218 cm³/mol. The van der Waals surface area contributed by atoms with Crippen LogP contribution in [0.3, 0.4) is 0 Å². The Morgan fingerprint density at radius 1 is 0.855 bits per heavy atom. The molecule has 12 nitrogen and oxygen atoms in total. The number of nitrogens with zero attached hydrogens (tertiary/aromatic N) is 4. The first-order valence-corrected chi connectivity index (χ1v) is 19.7. The summed E-state index contributed by atoms with van der Waals surface area (Å²) in [5, 5.41) is 9.08. The van der Waals surface area contributed by atoms with Crippen molar-refractivity contribution in [3.05, 3.63) is 66.2 Å². The SMILES string of the molecule is CC(=O)N[C@H](C(=O)N1CCC[C@H]1c1nc2c(ccc3cc(-c4ccc5c(ccc6nc([C@H](CCCN)C[C@@H](NC(C)=O)C(C)C)nc65)[nH]4)ccc32)[nH]1)C(C)C. The molecule has 0 spiro atoms. The summed E-state index contributed by atoms with van der Waals surface area (Å²) in [5.41, 5.74) is 12.4. The monoisotopic (exact) mass is 743 g/mol. The molecular weight excluding hydrogens is 691 g/mol. The van der Waals surface area contributed by atoms with Gasteiger partial charge in [0.15, 0.2) is 0 Å². The van der Waals surface area contributed by atoms with Gasteiger partial charge < -0.3 is 31.2 Å². The van der Waals surface area contributed by atoms with Crippen LogP contribution in [0.5, 0.6) is 0 Å².